The van der Waals surface area contributed by atoms with Gasteiger partial charge in [-0.15, -0.1) is 5.10 Å². The Balaban J connectivity index is 1.38. The van der Waals surface area contributed by atoms with Crippen LogP contribution >= 0.6 is 0 Å². The van der Waals surface area contributed by atoms with Gasteiger partial charge in [0.15, 0.2) is 5.82 Å². The zero-order valence-corrected chi connectivity index (χ0v) is 14.9. The Morgan fingerprint density at radius 3 is 2.72 bits per heavy atom. The second-order valence-electron chi connectivity index (χ2n) is 7.46. The lowest BCUT2D eigenvalue weighted by atomic mass is 10.2. The molecule has 1 N–H and O–H groups in total. The molecule has 2 saturated heterocycles. The molecule has 25 heavy (non-hydrogen) atoms. The molecule has 0 bridgehead atoms. The molecule has 0 radical (unpaired) electrons. The number of carbonyl (C=O) groups is 1. The average Bonchev–Trinajstić information content (AvgIpc) is 3.19. The number of urea groups is 1. The monoisotopic (exact) mass is 345 g/mol. The number of ether oxygens (including phenoxy) is 1. The third-order valence-electron chi connectivity index (χ3n) is 5.55. The minimum absolute atomic E-state index is 0.0998. The Morgan fingerprint density at radius 1 is 1.28 bits per heavy atom. The highest BCUT2D eigenvalue weighted by atomic mass is 16.5. The molecule has 2 amide bonds. The molecule has 1 aliphatic carbocycles. The minimum Gasteiger partial charge on any atom is -0.380 e. The lowest BCUT2D eigenvalue weighted by Crippen LogP contribution is -2.44. The molecule has 0 spiro atoms. The van der Waals surface area contributed by atoms with Gasteiger partial charge in [0.2, 0.25) is 0 Å². The van der Waals surface area contributed by atoms with Crippen LogP contribution in [0.2, 0.25) is 0 Å². The summed E-state index contributed by atoms with van der Waals surface area (Å²) in [6.45, 7) is 3.84. The van der Waals surface area contributed by atoms with Crippen molar-refractivity contribution in [2.45, 2.75) is 50.2 Å². The Morgan fingerprint density at radius 2 is 2.08 bits per heavy atom. The van der Waals surface area contributed by atoms with Gasteiger partial charge < -0.3 is 14.5 Å². The van der Waals surface area contributed by atoms with E-state index in [1.807, 2.05) is 17.0 Å². The van der Waals surface area contributed by atoms with Crippen LogP contribution in [0.5, 0.6) is 0 Å². The molecule has 3 aliphatic rings. The van der Waals surface area contributed by atoms with Gasteiger partial charge in [0, 0.05) is 32.2 Å². The molecule has 3 fully saturated rings. The number of aromatic nitrogens is 2. The summed E-state index contributed by atoms with van der Waals surface area (Å²) in [6, 6.07) is 3.93. The molecule has 2 atom stereocenters. The molecule has 3 heterocycles. The van der Waals surface area contributed by atoms with Crippen molar-refractivity contribution >= 4 is 11.8 Å². The SMILES string of the molecule is CO[C@H]1C[C@@H](CN2CCCC2)N(C(=O)Nc2ccc(C3CC3)nn2)C1. The number of anilines is 1. The summed E-state index contributed by atoms with van der Waals surface area (Å²) in [6.07, 6.45) is 5.93. The number of carbonyl (C=O) groups excluding carboxylic acids is 1. The van der Waals surface area contributed by atoms with E-state index in [0.29, 0.717) is 18.3 Å². The van der Waals surface area contributed by atoms with Crippen molar-refractivity contribution in [2.75, 3.05) is 38.6 Å². The first kappa shape index (κ1) is 16.7. The van der Waals surface area contributed by atoms with E-state index in [2.05, 4.69) is 20.4 Å². The van der Waals surface area contributed by atoms with Crippen LogP contribution < -0.4 is 5.32 Å². The van der Waals surface area contributed by atoms with Gasteiger partial charge in [-0.3, -0.25) is 5.32 Å². The van der Waals surface area contributed by atoms with Crippen LogP contribution in [0.1, 0.15) is 43.7 Å². The van der Waals surface area contributed by atoms with E-state index in [4.69, 9.17) is 4.74 Å². The lowest BCUT2D eigenvalue weighted by Gasteiger charge is -2.28. The molecule has 1 aromatic rings. The maximum atomic E-state index is 12.8. The van der Waals surface area contributed by atoms with E-state index in [0.717, 1.165) is 31.7 Å². The molecule has 1 aromatic heterocycles. The van der Waals surface area contributed by atoms with Crippen molar-refractivity contribution < 1.29 is 9.53 Å². The quantitative estimate of drug-likeness (QED) is 0.885. The fourth-order valence-electron chi connectivity index (χ4n) is 3.92. The summed E-state index contributed by atoms with van der Waals surface area (Å²) in [7, 11) is 1.72. The van der Waals surface area contributed by atoms with Gasteiger partial charge in [-0.2, -0.15) is 5.10 Å². The van der Waals surface area contributed by atoms with Crippen molar-refractivity contribution in [3.8, 4) is 0 Å². The van der Waals surface area contributed by atoms with Gasteiger partial charge >= 0.3 is 6.03 Å². The molecule has 0 aromatic carbocycles. The number of rotatable bonds is 5. The van der Waals surface area contributed by atoms with Crippen LogP contribution in [0.3, 0.4) is 0 Å². The maximum absolute atomic E-state index is 12.8. The largest absolute Gasteiger partial charge is 0.380 e. The summed E-state index contributed by atoms with van der Waals surface area (Å²) in [5.41, 5.74) is 1.03. The summed E-state index contributed by atoms with van der Waals surface area (Å²) in [4.78, 5) is 17.1. The number of methoxy groups -OCH3 is 1. The first-order chi connectivity index (χ1) is 12.2. The van der Waals surface area contributed by atoms with E-state index in [9.17, 15) is 4.79 Å². The van der Waals surface area contributed by atoms with Crippen LogP contribution in [0, 0.1) is 0 Å². The van der Waals surface area contributed by atoms with E-state index >= 15 is 0 Å². The summed E-state index contributed by atoms with van der Waals surface area (Å²) < 4.78 is 5.52. The highest BCUT2D eigenvalue weighted by Gasteiger charge is 2.37. The van der Waals surface area contributed by atoms with Crippen LogP contribution in [0.15, 0.2) is 12.1 Å². The Bertz CT molecular complexity index is 598. The molecule has 136 valence electrons. The first-order valence-corrected chi connectivity index (χ1v) is 9.39. The molecule has 2 aliphatic heterocycles. The predicted molar refractivity (Wildman–Crippen MR) is 94.6 cm³/mol. The molecule has 0 unspecified atom stereocenters. The highest BCUT2D eigenvalue weighted by Crippen LogP contribution is 2.38. The van der Waals surface area contributed by atoms with Crippen molar-refractivity contribution in [1.29, 1.82) is 0 Å². The topological polar surface area (TPSA) is 70.6 Å². The van der Waals surface area contributed by atoms with Crippen LogP contribution in [-0.2, 0) is 4.74 Å². The molecule has 7 nitrogen and oxygen atoms in total. The van der Waals surface area contributed by atoms with Crippen LogP contribution in [-0.4, -0.2) is 71.5 Å². The van der Waals surface area contributed by atoms with Crippen LogP contribution in [0.4, 0.5) is 10.6 Å². The van der Waals surface area contributed by atoms with Gasteiger partial charge in [-0.1, -0.05) is 0 Å². The average molecular weight is 345 g/mol. The molecular weight excluding hydrogens is 318 g/mol. The van der Waals surface area contributed by atoms with Crippen molar-refractivity contribution in [3.05, 3.63) is 17.8 Å². The van der Waals surface area contributed by atoms with Gasteiger partial charge in [-0.25, -0.2) is 4.79 Å². The number of hydrogen-bond acceptors (Lipinski definition) is 5. The number of amides is 2. The molecule has 4 rings (SSSR count). The van der Waals surface area contributed by atoms with Gasteiger partial charge in [0.1, 0.15) is 0 Å². The number of nitrogens with zero attached hydrogens (tertiary/aromatic N) is 4. The third kappa shape index (κ3) is 3.93. The minimum atomic E-state index is -0.0998. The van der Waals surface area contributed by atoms with E-state index in [1.165, 1.54) is 25.7 Å². The third-order valence-corrected chi connectivity index (χ3v) is 5.55. The number of hydrogen-bond donors (Lipinski definition) is 1. The Labute approximate surface area is 148 Å². The number of likely N-dealkylation sites (tertiary alicyclic amines) is 2. The zero-order chi connectivity index (χ0) is 17.2. The first-order valence-electron chi connectivity index (χ1n) is 9.39. The van der Waals surface area contributed by atoms with Crippen molar-refractivity contribution in [2.24, 2.45) is 0 Å². The van der Waals surface area contributed by atoms with Gasteiger partial charge in [0.05, 0.1) is 11.8 Å². The summed E-state index contributed by atoms with van der Waals surface area (Å²) >= 11 is 0. The van der Waals surface area contributed by atoms with E-state index < -0.39 is 0 Å². The van der Waals surface area contributed by atoms with E-state index in [-0.39, 0.29) is 18.2 Å². The normalized spacial score (nSPS) is 27.0. The standard InChI is InChI=1S/C18H27N5O2/c1-25-15-10-14(11-22-8-2-3-9-22)23(12-15)18(24)19-17-7-6-16(20-21-17)13-4-5-13/h6-7,13-15H,2-5,8-12H2,1H3,(H,19,21,24)/t14-,15-/m0/s1. The fourth-order valence-corrected chi connectivity index (χ4v) is 3.92. The molecular formula is C18H27N5O2. The smallest absolute Gasteiger partial charge is 0.323 e. The fraction of sp³-hybridized carbons (Fsp3) is 0.722. The maximum Gasteiger partial charge on any atom is 0.323 e. The second kappa shape index (κ2) is 7.25. The Hall–Kier alpha value is -1.73. The zero-order valence-electron chi connectivity index (χ0n) is 14.9. The highest BCUT2D eigenvalue weighted by molar-refractivity contribution is 5.88. The summed E-state index contributed by atoms with van der Waals surface area (Å²) in [5, 5.41) is 11.3. The van der Waals surface area contributed by atoms with E-state index in [1.54, 1.807) is 7.11 Å². The Kier molecular flexibility index (Phi) is 4.85. The predicted octanol–water partition coefficient (Wildman–Crippen LogP) is 2.07. The number of nitrogens with one attached hydrogen (secondary N) is 1. The van der Waals surface area contributed by atoms with Crippen LogP contribution in [0.25, 0.3) is 0 Å². The van der Waals surface area contributed by atoms with Gasteiger partial charge in [-0.05, 0) is 57.3 Å². The second-order valence-corrected chi connectivity index (χ2v) is 7.46. The van der Waals surface area contributed by atoms with Crippen molar-refractivity contribution in [3.63, 3.8) is 0 Å². The van der Waals surface area contributed by atoms with Crippen molar-refractivity contribution in [1.82, 2.24) is 20.0 Å². The molecule has 7 heteroatoms. The van der Waals surface area contributed by atoms with Gasteiger partial charge in [0.25, 0.3) is 0 Å². The summed E-state index contributed by atoms with van der Waals surface area (Å²) in [5.74, 6) is 1.10. The molecule has 1 saturated carbocycles. The lowest BCUT2D eigenvalue weighted by molar-refractivity contribution is 0.111.